The molecule has 0 aliphatic heterocycles. The Morgan fingerprint density at radius 3 is 2.48 bits per heavy atom. The summed E-state index contributed by atoms with van der Waals surface area (Å²) >= 11 is 6.29. The van der Waals surface area contributed by atoms with Crippen LogP contribution in [0.1, 0.15) is 12.5 Å². The first kappa shape index (κ1) is 14.9. The van der Waals surface area contributed by atoms with E-state index in [-0.39, 0.29) is 0 Å². The first-order chi connectivity index (χ1) is 10.1. The van der Waals surface area contributed by atoms with Crippen molar-refractivity contribution in [1.29, 1.82) is 5.26 Å². The van der Waals surface area contributed by atoms with Crippen molar-refractivity contribution in [3.8, 4) is 11.8 Å². The van der Waals surface area contributed by atoms with Gasteiger partial charge in [0.05, 0.1) is 17.7 Å². The second kappa shape index (κ2) is 6.29. The van der Waals surface area contributed by atoms with E-state index >= 15 is 0 Å². The van der Waals surface area contributed by atoms with Gasteiger partial charge < -0.3 is 9.94 Å². The Morgan fingerprint density at radius 2 is 1.95 bits per heavy atom. The summed E-state index contributed by atoms with van der Waals surface area (Å²) in [5.74, 6) is 0.716. The zero-order valence-corrected chi connectivity index (χ0v) is 12.3. The Hall–Kier alpha value is -2.51. The first-order valence-electron chi connectivity index (χ1n) is 6.18. The summed E-state index contributed by atoms with van der Waals surface area (Å²) in [5.41, 5.74) is 2.81. The number of nitrogens with zero attached hydrogens (tertiary/aromatic N) is 2. The van der Waals surface area contributed by atoms with Gasteiger partial charge in [0.1, 0.15) is 17.5 Å². The molecule has 0 amide bonds. The van der Waals surface area contributed by atoms with E-state index in [2.05, 4.69) is 11.2 Å². The van der Waals surface area contributed by atoms with Crippen molar-refractivity contribution in [1.82, 2.24) is 0 Å². The third-order valence-corrected chi connectivity index (χ3v) is 3.71. The number of hydrogen-bond donors (Lipinski definition) is 1. The molecule has 4 nitrogen and oxygen atoms in total. The highest BCUT2D eigenvalue weighted by atomic mass is 35.5. The minimum atomic E-state index is 0.385. The highest BCUT2D eigenvalue weighted by Gasteiger charge is 2.18. The van der Waals surface area contributed by atoms with Gasteiger partial charge >= 0.3 is 0 Å². The number of rotatable bonds is 2. The van der Waals surface area contributed by atoms with Crippen LogP contribution < -0.4 is 4.74 Å². The van der Waals surface area contributed by atoms with E-state index in [1.807, 2.05) is 0 Å². The second-order valence-electron chi connectivity index (χ2n) is 4.39. The number of benzene rings is 1. The molecule has 0 radical (unpaired) electrons. The standard InChI is InChI=1S/C16H13ClN2O2/c1-10-15(19-20)8-7-13(16(10)17)14(9-18)11-3-5-12(21-2)6-4-11/h3-8,20H,1-2H3/b14-13?,19-15+. The average molecular weight is 301 g/mol. The van der Waals surface area contributed by atoms with Crippen LogP contribution in [-0.4, -0.2) is 18.0 Å². The molecule has 0 spiro atoms. The fourth-order valence-corrected chi connectivity index (χ4v) is 2.27. The molecule has 0 atom stereocenters. The van der Waals surface area contributed by atoms with E-state index in [1.54, 1.807) is 50.5 Å². The van der Waals surface area contributed by atoms with Gasteiger partial charge in [-0.25, -0.2) is 0 Å². The van der Waals surface area contributed by atoms with E-state index < -0.39 is 0 Å². The summed E-state index contributed by atoms with van der Waals surface area (Å²) in [7, 11) is 1.58. The average Bonchev–Trinajstić information content (AvgIpc) is 2.53. The highest BCUT2D eigenvalue weighted by Crippen LogP contribution is 2.32. The van der Waals surface area contributed by atoms with Crippen LogP contribution in [0.25, 0.3) is 5.57 Å². The molecule has 1 aliphatic carbocycles. The number of ether oxygens (including phenoxy) is 1. The van der Waals surface area contributed by atoms with Crippen molar-refractivity contribution in [2.45, 2.75) is 6.92 Å². The Morgan fingerprint density at radius 1 is 1.29 bits per heavy atom. The lowest BCUT2D eigenvalue weighted by Gasteiger charge is -2.14. The molecule has 1 aliphatic rings. The highest BCUT2D eigenvalue weighted by molar-refractivity contribution is 6.37. The zero-order chi connectivity index (χ0) is 15.4. The minimum Gasteiger partial charge on any atom is -0.497 e. The van der Waals surface area contributed by atoms with Gasteiger partial charge in [0.2, 0.25) is 0 Å². The lowest BCUT2D eigenvalue weighted by Crippen LogP contribution is -2.05. The lowest BCUT2D eigenvalue weighted by atomic mass is 9.94. The smallest absolute Gasteiger partial charge is 0.118 e. The van der Waals surface area contributed by atoms with Gasteiger partial charge in [0, 0.05) is 5.57 Å². The number of oxime groups is 1. The monoisotopic (exact) mass is 300 g/mol. The number of methoxy groups -OCH3 is 1. The Labute approximate surface area is 127 Å². The van der Waals surface area contributed by atoms with Crippen LogP contribution in [-0.2, 0) is 0 Å². The molecule has 0 bridgehead atoms. The molecule has 2 rings (SSSR count). The molecule has 0 aromatic heterocycles. The third-order valence-electron chi connectivity index (χ3n) is 3.23. The van der Waals surface area contributed by atoms with E-state index in [9.17, 15) is 5.26 Å². The molecule has 0 saturated carbocycles. The maximum absolute atomic E-state index is 9.45. The zero-order valence-electron chi connectivity index (χ0n) is 11.6. The van der Waals surface area contributed by atoms with Crippen molar-refractivity contribution in [3.63, 3.8) is 0 Å². The van der Waals surface area contributed by atoms with Gasteiger partial charge in [-0.2, -0.15) is 5.26 Å². The molecule has 21 heavy (non-hydrogen) atoms. The fourth-order valence-electron chi connectivity index (χ4n) is 2.01. The van der Waals surface area contributed by atoms with Gasteiger partial charge in [0.15, 0.2) is 0 Å². The quantitative estimate of drug-likeness (QED) is 0.512. The summed E-state index contributed by atoms with van der Waals surface area (Å²) in [5, 5.41) is 21.9. The van der Waals surface area contributed by atoms with Gasteiger partial charge in [-0.3, -0.25) is 0 Å². The van der Waals surface area contributed by atoms with Crippen LogP contribution in [0.15, 0.2) is 57.8 Å². The molecule has 0 fully saturated rings. The van der Waals surface area contributed by atoms with Crippen molar-refractivity contribution < 1.29 is 9.94 Å². The fraction of sp³-hybridized carbons (Fsp3) is 0.125. The number of nitriles is 1. The van der Waals surface area contributed by atoms with Gasteiger partial charge in [-0.15, -0.1) is 0 Å². The molecule has 0 unspecified atom stereocenters. The van der Waals surface area contributed by atoms with Crippen molar-refractivity contribution in [2.75, 3.05) is 7.11 Å². The Balaban J connectivity index is 2.57. The summed E-state index contributed by atoms with van der Waals surface area (Å²) in [6, 6.07) is 9.34. The number of allylic oxidation sites excluding steroid dienone is 6. The number of hydrogen-bond acceptors (Lipinski definition) is 4. The molecule has 0 heterocycles. The molecule has 1 aromatic rings. The maximum Gasteiger partial charge on any atom is 0.118 e. The predicted octanol–water partition coefficient (Wildman–Crippen LogP) is 3.89. The van der Waals surface area contributed by atoms with Crippen LogP contribution >= 0.6 is 11.6 Å². The molecular formula is C16H13ClN2O2. The van der Waals surface area contributed by atoms with Crippen LogP contribution in [0.3, 0.4) is 0 Å². The normalized spacial score (nSPS) is 18.7. The van der Waals surface area contributed by atoms with Gasteiger partial charge in [-0.05, 0) is 54.5 Å². The lowest BCUT2D eigenvalue weighted by molar-refractivity contribution is 0.319. The second-order valence-corrected chi connectivity index (χ2v) is 4.76. The van der Waals surface area contributed by atoms with E-state index in [0.29, 0.717) is 33.2 Å². The topological polar surface area (TPSA) is 65.6 Å². The van der Waals surface area contributed by atoms with E-state index in [1.165, 1.54) is 0 Å². The van der Waals surface area contributed by atoms with Gasteiger partial charge in [0.25, 0.3) is 0 Å². The van der Waals surface area contributed by atoms with Crippen molar-refractivity contribution in [3.05, 3.63) is 58.2 Å². The molecule has 1 N–H and O–H groups in total. The van der Waals surface area contributed by atoms with Crippen LogP contribution in [0.4, 0.5) is 0 Å². The predicted molar refractivity (Wildman–Crippen MR) is 82.4 cm³/mol. The largest absolute Gasteiger partial charge is 0.497 e. The summed E-state index contributed by atoms with van der Waals surface area (Å²) < 4.78 is 5.10. The maximum atomic E-state index is 9.45. The third kappa shape index (κ3) is 2.83. The molecular weight excluding hydrogens is 288 g/mol. The summed E-state index contributed by atoms with van der Waals surface area (Å²) in [6.07, 6.45) is 3.30. The first-order valence-corrected chi connectivity index (χ1v) is 6.56. The van der Waals surface area contributed by atoms with Crippen LogP contribution in [0, 0.1) is 11.3 Å². The SMILES string of the molecule is COc1ccc(C(C#N)=C2C=C/C(=N\O)C(C)=C2Cl)cc1. The number of halogens is 1. The van der Waals surface area contributed by atoms with Crippen LogP contribution in [0.5, 0.6) is 5.75 Å². The Bertz CT molecular complexity index is 720. The Kier molecular flexibility index (Phi) is 4.46. The molecule has 0 saturated heterocycles. The summed E-state index contributed by atoms with van der Waals surface area (Å²) in [6.45, 7) is 1.74. The van der Waals surface area contributed by atoms with Gasteiger partial charge in [-0.1, -0.05) is 16.8 Å². The van der Waals surface area contributed by atoms with E-state index in [0.717, 1.165) is 5.56 Å². The van der Waals surface area contributed by atoms with Crippen molar-refractivity contribution >= 4 is 22.9 Å². The van der Waals surface area contributed by atoms with E-state index in [4.69, 9.17) is 21.5 Å². The molecule has 106 valence electrons. The summed E-state index contributed by atoms with van der Waals surface area (Å²) in [4.78, 5) is 0. The van der Waals surface area contributed by atoms with Crippen LogP contribution in [0.2, 0.25) is 0 Å². The molecule has 1 aromatic carbocycles. The molecule has 5 heteroatoms. The van der Waals surface area contributed by atoms with Crippen molar-refractivity contribution in [2.24, 2.45) is 5.16 Å². The minimum absolute atomic E-state index is 0.385.